The Morgan fingerprint density at radius 2 is 2.04 bits per heavy atom. The molecule has 0 saturated carbocycles. The van der Waals surface area contributed by atoms with Gasteiger partial charge in [0, 0.05) is 5.69 Å². The first-order valence-corrected chi connectivity index (χ1v) is 8.08. The van der Waals surface area contributed by atoms with Gasteiger partial charge in [-0.1, -0.05) is 11.6 Å². The number of nitrogens with zero attached hydrogens (tertiary/aromatic N) is 1. The zero-order chi connectivity index (χ0) is 19.1. The van der Waals surface area contributed by atoms with Crippen LogP contribution in [0.3, 0.4) is 0 Å². The van der Waals surface area contributed by atoms with Crippen LogP contribution in [0.5, 0.6) is 17.2 Å². The van der Waals surface area contributed by atoms with Gasteiger partial charge in [-0.15, -0.1) is 0 Å². The van der Waals surface area contributed by atoms with Crippen molar-refractivity contribution in [3.8, 4) is 23.3 Å². The van der Waals surface area contributed by atoms with E-state index in [1.165, 1.54) is 25.3 Å². The lowest BCUT2D eigenvalue weighted by molar-refractivity contribution is -0.112. The molecule has 0 atom stereocenters. The number of carbonyl (C=O) groups is 1. The van der Waals surface area contributed by atoms with Crippen molar-refractivity contribution in [1.29, 1.82) is 5.26 Å². The van der Waals surface area contributed by atoms with Gasteiger partial charge in [0.25, 0.3) is 5.91 Å². The number of benzene rings is 2. The van der Waals surface area contributed by atoms with Crippen molar-refractivity contribution < 1.29 is 19.4 Å². The zero-order valence-corrected chi connectivity index (χ0v) is 15.0. The number of phenols is 1. The molecular weight excluding hydrogens is 356 g/mol. The molecule has 2 aromatic rings. The summed E-state index contributed by atoms with van der Waals surface area (Å²) < 4.78 is 10.3. The van der Waals surface area contributed by atoms with Gasteiger partial charge in [-0.25, -0.2) is 0 Å². The van der Waals surface area contributed by atoms with Crippen molar-refractivity contribution in [3.63, 3.8) is 0 Å². The minimum absolute atomic E-state index is 0.0554. The summed E-state index contributed by atoms with van der Waals surface area (Å²) in [5.41, 5.74) is 0.853. The van der Waals surface area contributed by atoms with E-state index in [9.17, 15) is 15.2 Å². The lowest BCUT2D eigenvalue weighted by Crippen LogP contribution is -2.13. The monoisotopic (exact) mass is 372 g/mol. The maximum absolute atomic E-state index is 12.3. The van der Waals surface area contributed by atoms with Crippen LogP contribution < -0.4 is 14.8 Å². The van der Waals surface area contributed by atoms with Crippen LogP contribution in [-0.4, -0.2) is 24.7 Å². The number of rotatable bonds is 6. The fraction of sp³-hybridized carbons (Fsp3) is 0.158. The number of amides is 1. The lowest BCUT2D eigenvalue weighted by atomic mass is 10.1. The summed E-state index contributed by atoms with van der Waals surface area (Å²) in [7, 11) is 1.38. The molecule has 26 heavy (non-hydrogen) atoms. The Balaban J connectivity index is 2.22. The Morgan fingerprint density at radius 1 is 1.35 bits per heavy atom. The summed E-state index contributed by atoms with van der Waals surface area (Å²) in [5, 5.41) is 21.7. The summed E-state index contributed by atoms with van der Waals surface area (Å²) in [6.45, 7) is 2.43. The number of halogens is 1. The Labute approximate surface area is 156 Å². The van der Waals surface area contributed by atoms with E-state index in [1.807, 2.05) is 13.0 Å². The molecule has 2 rings (SSSR count). The lowest BCUT2D eigenvalue weighted by Gasteiger charge is -2.08. The summed E-state index contributed by atoms with van der Waals surface area (Å²) in [5.74, 6) is 0.0591. The number of aromatic hydroxyl groups is 1. The number of phenolic OH excluding ortho intramolecular Hbond substituents is 1. The van der Waals surface area contributed by atoms with E-state index in [-0.39, 0.29) is 22.1 Å². The molecule has 6 nitrogen and oxygen atoms in total. The number of anilines is 1. The Hall–Kier alpha value is -3.17. The molecule has 0 saturated heterocycles. The number of hydrogen-bond donors (Lipinski definition) is 2. The van der Waals surface area contributed by atoms with E-state index in [0.29, 0.717) is 23.6 Å². The quantitative estimate of drug-likeness (QED) is 0.590. The summed E-state index contributed by atoms with van der Waals surface area (Å²) in [6, 6.07) is 11.6. The van der Waals surface area contributed by atoms with Crippen molar-refractivity contribution in [1.82, 2.24) is 0 Å². The van der Waals surface area contributed by atoms with Crippen LogP contribution in [0.4, 0.5) is 5.69 Å². The molecule has 0 aliphatic rings. The number of ether oxygens (including phenoxy) is 2. The van der Waals surface area contributed by atoms with Crippen molar-refractivity contribution in [2.45, 2.75) is 6.92 Å². The molecule has 0 fully saturated rings. The van der Waals surface area contributed by atoms with Crippen LogP contribution in [0.1, 0.15) is 12.5 Å². The molecule has 0 bridgehead atoms. The van der Waals surface area contributed by atoms with Gasteiger partial charge in [0.15, 0.2) is 11.5 Å². The Bertz CT molecular complexity index is 870. The minimum atomic E-state index is -0.570. The van der Waals surface area contributed by atoms with E-state index < -0.39 is 5.91 Å². The van der Waals surface area contributed by atoms with Gasteiger partial charge in [0.05, 0.1) is 18.7 Å². The molecule has 7 heteroatoms. The highest BCUT2D eigenvalue weighted by atomic mass is 35.5. The highest BCUT2D eigenvalue weighted by Gasteiger charge is 2.12. The van der Waals surface area contributed by atoms with Gasteiger partial charge in [-0.3, -0.25) is 4.79 Å². The van der Waals surface area contributed by atoms with Crippen molar-refractivity contribution >= 4 is 29.3 Å². The molecule has 0 aliphatic heterocycles. The van der Waals surface area contributed by atoms with Crippen LogP contribution in [0.25, 0.3) is 6.08 Å². The molecule has 2 N–H and O–H groups in total. The maximum Gasteiger partial charge on any atom is 0.266 e. The standard InChI is InChI=1S/C19H17ClN2O4/c1-3-26-15-6-4-14(5-7-15)22-19(24)13(11-21)8-12-9-16(20)18(23)17(10-12)25-2/h4-10,23H,3H2,1-2H3,(H,22,24)/b13-8-. The SMILES string of the molecule is CCOc1ccc(NC(=O)/C(C#N)=C\c2cc(Cl)c(O)c(OC)c2)cc1. The van der Waals surface area contributed by atoms with E-state index in [1.54, 1.807) is 24.3 Å². The molecule has 0 unspecified atom stereocenters. The predicted molar refractivity (Wildman–Crippen MR) is 99.5 cm³/mol. The maximum atomic E-state index is 12.3. The zero-order valence-electron chi connectivity index (χ0n) is 14.2. The number of nitrogens with one attached hydrogen (secondary N) is 1. The van der Waals surface area contributed by atoms with Gasteiger partial charge in [0.2, 0.25) is 0 Å². The first kappa shape index (κ1) is 19.2. The molecule has 134 valence electrons. The first-order chi connectivity index (χ1) is 12.5. The van der Waals surface area contributed by atoms with E-state index in [4.69, 9.17) is 21.1 Å². The second-order valence-corrected chi connectivity index (χ2v) is 5.54. The minimum Gasteiger partial charge on any atom is -0.503 e. The van der Waals surface area contributed by atoms with E-state index in [2.05, 4.69) is 5.32 Å². The second-order valence-electron chi connectivity index (χ2n) is 5.13. The van der Waals surface area contributed by atoms with Crippen LogP contribution in [0.2, 0.25) is 5.02 Å². The summed E-state index contributed by atoms with van der Waals surface area (Å²) >= 11 is 5.92. The van der Waals surface area contributed by atoms with E-state index >= 15 is 0 Å². The largest absolute Gasteiger partial charge is 0.503 e. The normalized spacial score (nSPS) is 10.8. The van der Waals surface area contributed by atoms with Crippen molar-refractivity contribution in [3.05, 3.63) is 52.6 Å². The van der Waals surface area contributed by atoms with Crippen LogP contribution in [0, 0.1) is 11.3 Å². The topological polar surface area (TPSA) is 91.6 Å². The van der Waals surface area contributed by atoms with E-state index in [0.717, 1.165) is 0 Å². The number of hydrogen-bond acceptors (Lipinski definition) is 5. The number of nitriles is 1. The highest BCUT2D eigenvalue weighted by molar-refractivity contribution is 6.32. The van der Waals surface area contributed by atoms with Gasteiger partial charge < -0.3 is 19.9 Å². The third-order valence-corrected chi connectivity index (χ3v) is 3.66. The molecular formula is C19H17ClN2O4. The molecule has 0 aliphatic carbocycles. The van der Waals surface area contributed by atoms with Gasteiger partial charge in [-0.05, 0) is 55.0 Å². The van der Waals surface area contributed by atoms with Crippen molar-refractivity contribution in [2.75, 3.05) is 19.0 Å². The molecule has 0 heterocycles. The molecule has 2 aromatic carbocycles. The third kappa shape index (κ3) is 4.68. The smallest absolute Gasteiger partial charge is 0.266 e. The van der Waals surface area contributed by atoms with Gasteiger partial charge in [-0.2, -0.15) is 5.26 Å². The number of carbonyl (C=O) groups excluding carboxylic acids is 1. The first-order valence-electron chi connectivity index (χ1n) is 7.71. The van der Waals surface area contributed by atoms with Crippen LogP contribution in [0.15, 0.2) is 42.0 Å². The molecule has 0 radical (unpaired) electrons. The molecule has 0 aromatic heterocycles. The average Bonchev–Trinajstić information content (AvgIpc) is 2.64. The molecule has 1 amide bonds. The predicted octanol–water partition coefficient (Wildman–Crippen LogP) is 4.00. The summed E-state index contributed by atoms with van der Waals surface area (Å²) in [4.78, 5) is 12.3. The Morgan fingerprint density at radius 3 is 2.62 bits per heavy atom. The fourth-order valence-electron chi connectivity index (χ4n) is 2.15. The Kier molecular flexibility index (Phi) is 6.48. The second kappa shape index (κ2) is 8.79. The highest BCUT2D eigenvalue weighted by Crippen LogP contribution is 2.35. The van der Waals surface area contributed by atoms with Crippen molar-refractivity contribution in [2.24, 2.45) is 0 Å². The third-order valence-electron chi connectivity index (χ3n) is 3.37. The summed E-state index contributed by atoms with van der Waals surface area (Å²) in [6.07, 6.45) is 1.36. The van der Waals surface area contributed by atoms with Gasteiger partial charge >= 0.3 is 0 Å². The van der Waals surface area contributed by atoms with Gasteiger partial charge in [0.1, 0.15) is 17.4 Å². The van der Waals surface area contributed by atoms with Crippen LogP contribution >= 0.6 is 11.6 Å². The fourth-order valence-corrected chi connectivity index (χ4v) is 2.37. The average molecular weight is 373 g/mol. The molecule has 0 spiro atoms. The van der Waals surface area contributed by atoms with Crippen LogP contribution in [-0.2, 0) is 4.79 Å². The number of methoxy groups -OCH3 is 1.